The maximum atomic E-state index is 12.7. The molecule has 7 nitrogen and oxygen atoms in total. The van der Waals surface area contributed by atoms with Crippen LogP contribution in [-0.2, 0) is 0 Å². The van der Waals surface area contributed by atoms with Gasteiger partial charge in [0.2, 0.25) is 0 Å². The topological polar surface area (TPSA) is 71.6 Å². The number of rotatable bonds is 3. The average Bonchev–Trinajstić information content (AvgIpc) is 3.40. The van der Waals surface area contributed by atoms with Crippen LogP contribution in [0, 0.1) is 0 Å². The first kappa shape index (κ1) is 16.1. The molecule has 0 N–H and O–H groups in total. The summed E-state index contributed by atoms with van der Waals surface area (Å²) in [5.41, 5.74) is 1.44. The van der Waals surface area contributed by atoms with Crippen LogP contribution in [0.25, 0.3) is 5.69 Å². The predicted octanol–water partition coefficient (Wildman–Crippen LogP) is 2.06. The van der Waals surface area contributed by atoms with E-state index < -0.39 is 0 Å². The van der Waals surface area contributed by atoms with Gasteiger partial charge in [0, 0.05) is 32.4 Å². The molecule has 26 heavy (non-hydrogen) atoms. The summed E-state index contributed by atoms with van der Waals surface area (Å²) in [6.45, 7) is 1.94. The summed E-state index contributed by atoms with van der Waals surface area (Å²) < 4.78 is 6.84. The second-order valence-corrected chi connectivity index (χ2v) is 6.07. The summed E-state index contributed by atoms with van der Waals surface area (Å²) in [7, 11) is 0. The van der Waals surface area contributed by atoms with Gasteiger partial charge in [0.15, 0.2) is 5.76 Å². The number of hydrogen-bond donors (Lipinski definition) is 0. The first-order valence-electron chi connectivity index (χ1n) is 8.44. The van der Waals surface area contributed by atoms with Gasteiger partial charge in [-0.05, 0) is 24.3 Å². The van der Waals surface area contributed by atoms with E-state index in [1.165, 1.54) is 6.26 Å². The van der Waals surface area contributed by atoms with Gasteiger partial charge in [-0.25, -0.2) is 4.68 Å². The van der Waals surface area contributed by atoms with Crippen molar-refractivity contribution in [2.24, 2.45) is 0 Å². The van der Waals surface area contributed by atoms with Crippen LogP contribution in [0.2, 0.25) is 0 Å². The molecule has 0 bridgehead atoms. The Bertz CT molecular complexity index is 894. The van der Waals surface area contributed by atoms with Crippen LogP contribution < -0.4 is 0 Å². The molecule has 132 valence electrons. The Morgan fingerprint density at radius 2 is 1.58 bits per heavy atom. The van der Waals surface area contributed by atoms with Crippen molar-refractivity contribution in [1.82, 2.24) is 19.6 Å². The molecule has 2 aromatic heterocycles. The minimum absolute atomic E-state index is 0.0720. The SMILES string of the molecule is O=C(c1cnn(-c2ccccc2)c1)N1CCN(C(=O)c2ccco2)CC1. The van der Waals surface area contributed by atoms with E-state index in [0.717, 1.165) is 5.69 Å². The highest BCUT2D eigenvalue weighted by atomic mass is 16.3. The van der Waals surface area contributed by atoms with Crippen LogP contribution in [-0.4, -0.2) is 57.6 Å². The minimum Gasteiger partial charge on any atom is -0.459 e. The summed E-state index contributed by atoms with van der Waals surface area (Å²) in [5.74, 6) is 0.116. The molecule has 1 aliphatic heterocycles. The number of furan rings is 1. The molecule has 1 fully saturated rings. The maximum absolute atomic E-state index is 12.7. The van der Waals surface area contributed by atoms with Crippen molar-refractivity contribution < 1.29 is 14.0 Å². The molecule has 3 aromatic rings. The molecule has 0 radical (unpaired) electrons. The highest BCUT2D eigenvalue weighted by Crippen LogP contribution is 2.13. The van der Waals surface area contributed by atoms with E-state index in [9.17, 15) is 9.59 Å². The van der Waals surface area contributed by atoms with Crippen LogP contribution in [0.4, 0.5) is 0 Å². The van der Waals surface area contributed by atoms with Gasteiger partial charge in [0.1, 0.15) is 0 Å². The van der Waals surface area contributed by atoms with Gasteiger partial charge in [-0.1, -0.05) is 18.2 Å². The predicted molar refractivity (Wildman–Crippen MR) is 94.1 cm³/mol. The van der Waals surface area contributed by atoms with Crippen molar-refractivity contribution in [1.29, 1.82) is 0 Å². The number of para-hydroxylation sites is 1. The second-order valence-electron chi connectivity index (χ2n) is 6.07. The Balaban J connectivity index is 1.40. The molecule has 1 aliphatic rings. The third-order valence-corrected chi connectivity index (χ3v) is 4.44. The Labute approximate surface area is 150 Å². The molecule has 2 amide bonds. The highest BCUT2D eigenvalue weighted by molar-refractivity contribution is 5.94. The molecule has 0 atom stereocenters. The number of amides is 2. The zero-order chi connectivity index (χ0) is 17.9. The Morgan fingerprint density at radius 3 is 2.23 bits per heavy atom. The number of carbonyl (C=O) groups is 2. The molecule has 0 aliphatic carbocycles. The summed E-state index contributed by atoms with van der Waals surface area (Å²) in [6, 6.07) is 13.0. The molecule has 0 spiro atoms. The van der Waals surface area contributed by atoms with Crippen molar-refractivity contribution in [2.45, 2.75) is 0 Å². The highest BCUT2D eigenvalue weighted by Gasteiger charge is 2.27. The first-order chi connectivity index (χ1) is 12.7. The molecule has 1 saturated heterocycles. The molecule has 1 aromatic carbocycles. The third kappa shape index (κ3) is 3.11. The zero-order valence-electron chi connectivity index (χ0n) is 14.1. The zero-order valence-corrected chi connectivity index (χ0v) is 14.1. The van der Waals surface area contributed by atoms with Crippen molar-refractivity contribution in [3.8, 4) is 5.69 Å². The molecule has 4 rings (SSSR count). The number of benzene rings is 1. The van der Waals surface area contributed by atoms with Crippen LogP contribution in [0.3, 0.4) is 0 Å². The molecule has 7 heteroatoms. The number of piperazine rings is 1. The van der Waals surface area contributed by atoms with Gasteiger partial charge in [-0.2, -0.15) is 5.10 Å². The van der Waals surface area contributed by atoms with Crippen molar-refractivity contribution >= 4 is 11.8 Å². The van der Waals surface area contributed by atoms with E-state index >= 15 is 0 Å². The lowest BCUT2D eigenvalue weighted by atomic mass is 10.2. The third-order valence-electron chi connectivity index (χ3n) is 4.44. The molecular formula is C19H18N4O3. The molecular weight excluding hydrogens is 332 g/mol. The standard InChI is InChI=1S/C19H18N4O3/c24-18(15-13-20-23(14-15)16-5-2-1-3-6-16)21-8-10-22(11-9-21)19(25)17-7-4-12-26-17/h1-7,12-14H,8-11H2. The van der Waals surface area contributed by atoms with Gasteiger partial charge in [-0.15, -0.1) is 0 Å². The number of carbonyl (C=O) groups excluding carboxylic acids is 2. The van der Waals surface area contributed by atoms with E-state index in [-0.39, 0.29) is 11.8 Å². The molecule has 0 unspecified atom stereocenters. The average molecular weight is 350 g/mol. The molecule has 3 heterocycles. The van der Waals surface area contributed by atoms with E-state index in [0.29, 0.717) is 37.5 Å². The lowest BCUT2D eigenvalue weighted by molar-refractivity contribution is 0.0518. The first-order valence-corrected chi connectivity index (χ1v) is 8.44. The lowest BCUT2D eigenvalue weighted by Crippen LogP contribution is -2.50. The van der Waals surface area contributed by atoms with Crippen LogP contribution in [0.15, 0.2) is 65.5 Å². The Hall–Kier alpha value is -3.35. The van der Waals surface area contributed by atoms with Crippen molar-refractivity contribution in [3.05, 3.63) is 72.4 Å². The van der Waals surface area contributed by atoms with Crippen LogP contribution >= 0.6 is 0 Å². The van der Waals surface area contributed by atoms with E-state index in [4.69, 9.17) is 4.42 Å². The maximum Gasteiger partial charge on any atom is 0.289 e. The van der Waals surface area contributed by atoms with Crippen molar-refractivity contribution in [2.75, 3.05) is 26.2 Å². The normalized spacial score (nSPS) is 14.5. The van der Waals surface area contributed by atoms with Gasteiger partial charge >= 0.3 is 0 Å². The fraction of sp³-hybridized carbons (Fsp3) is 0.211. The van der Waals surface area contributed by atoms with E-state index in [1.54, 1.807) is 39.0 Å². The summed E-state index contributed by atoms with van der Waals surface area (Å²) in [4.78, 5) is 28.4. The summed E-state index contributed by atoms with van der Waals surface area (Å²) in [5, 5.41) is 4.27. The summed E-state index contributed by atoms with van der Waals surface area (Å²) in [6.07, 6.45) is 4.80. The minimum atomic E-state index is -0.140. The summed E-state index contributed by atoms with van der Waals surface area (Å²) >= 11 is 0. The second kappa shape index (κ2) is 6.87. The smallest absolute Gasteiger partial charge is 0.289 e. The van der Waals surface area contributed by atoms with Crippen LogP contribution in [0.1, 0.15) is 20.9 Å². The largest absolute Gasteiger partial charge is 0.459 e. The number of hydrogen-bond acceptors (Lipinski definition) is 4. The van der Waals surface area contributed by atoms with Gasteiger partial charge < -0.3 is 14.2 Å². The van der Waals surface area contributed by atoms with Crippen LogP contribution in [0.5, 0.6) is 0 Å². The van der Waals surface area contributed by atoms with Gasteiger partial charge in [0.05, 0.1) is 23.7 Å². The Morgan fingerprint density at radius 1 is 0.885 bits per heavy atom. The fourth-order valence-electron chi connectivity index (χ4n) is 3.01. The van der Waals surface area contributed by atoms with Gasteiger partial charge in [-0.3, -0.25) is 9.59 Å². The van der Waals surface area contributed by atoms with Crippen molar-refractivity contribution in [3.63, 3.8) is 0 Å². The monoisotopic (exact) mass is 350 g/mol. The lowest BCUT2D eigenvalue weighted by Gasteiger charge is -2.34. The van der Waals surface area contributed by atoms with Gasteiger partial charge in [0.25, 0.3) is 11.8 Å². The van der Waals surface area contributed by atoms with E-state index in [2.05, 4.69) is 5.10 Å². The fourth-order valence-corrected chi connectivity index (χ4v) is 3.01. The quantitative estimate of drug-likeness (QED) is 0.725. The molecule has 0 saturated carbocycles. The number of nitrogens with zero attached hydrogens (tertiary/aromatic N) is 4. The van der Waals surface area contributed by atoms with E-state index in [1.807, 2.05) is 30.3 Å². The Kier molecular flexibility index (Phi) is 4.27. The number of aromatic nitrogens is 2.